The molecule has 0 spiro atoms. The Bertz CT molecular complexity index is 807. The first-order valence-electron chi connectivity index (χ1n) is 7.94. The molecule has 0 unspecified atom stereocenters. The molecule has 0 fully saturated rings. The zero-order valence-corrected chi connectivity index (χ0v) is 13.5. The van der Waals surface area contributed by atoms with Crippen LogP contribution in [-0.2, 0) is 13.0 Å². The number of aromatic nitrogens is 2. The maximum absolute atomic E-state index is 12.4. The maximum Gasteiger partial charge on any atom is 0.526 e. The van der Waals surface area contributed by atoms with Gasteiger partial charge in [-0.05, 0) is 18.1 Å². The van der Waals surface area contributed by atoms with Crippen molar-refractivity contribution in [3.63, 3.8) is 0 Å². The highest BCUT2D eigenvalue weighted by atomic mass is 16.5. The molecule has 1 atom stereocenters. The third-order valence-corrected chi connectivity index (χ3v) is 4.20. The lowest BCUT2D eigenvalue weighted by Crippen LogP contribution is -2.35. The Morgan fingerprint density at radius 1 is 1.44 bits per heavy atom. The number of Topliss-reactive ketones (excluding diaryl/α,β-unsaturated/α-hetero) is 1. The lowest BCUT2D eigenvalue weighted by Gasteiger charge is -2.27. The quantitative estimate of drug-likeness (QED) is 0.517. The Hall–Kier alpha value is -2.65. The third-order valence-electron chi connectivity index (χ3n) is 4.20. The number of carbonyl (C=O) groups is 2. The molecule has 1 aromatic carbocycles. The standard InChI is InChI=1S/C16H18BN3O5/c18-4-5-20-8-13(19-9-20)14(21)7-11-6-10-2-1-3-12(16(22)23)15(10)25-17(11)24/h1-3,8-9,11,24H,4-7,18H2,(H,22,23)/t11-/m1/s1. The van der Waals surface area contributed by atoms with Gasteiger partial charge in [0, 0.05) is 31.5 Å². The number of benzene rings is 1. The number of hydrogen-bond acceptors (Lipinski definition) is 6. The van der Waals surface area contributed by atoms with Crippen molar-refractivity contribution in [3.05, 3.63) is 47.5 Å². The van der Waals surface area contributed by atoms with Crippen LogP contribution in [-0.4, -0.2) is 45.1 Å². The molecule has 1 aliphatic heterocycles. The first kappa shape index (κ1) is 17.2. The molecule has 0 saturated heterocycles. The number of nitrogens with zero attached hydrogens (tertiary/aromatic N) is 2. The van der Waals surface area contributed by atoms with Crippen molar-refractivity contribution >= 4 is 18.9 Å². The number of fused-ring (bicyclic) bond motifs is 1. The summed E-state index contributed by atoms with van der Waals surface area (Å²) < 4.78 is 7.13. The fourth-order valence-corrected chi connectivity index (χ4v) is 2.94. The van der Waals surface area contributed by atoms with Crippen LogP contribution in [0.15, 0.2) is 30.7 Å². The van der Waals surface area contributed by atoms with Gasteiger partial charge < -0.3 is 25.1 Å². The van der Waals surface area contributed by atoms with E-state index in [0.29, 0.717) is 30.8 Å². The average molecular weight is 343 g/mol. The van der Waals surface area contributed by atoms with Crippen LogP contribution < -0.4 is 10.4 Å². The zero-order chi connectivity index (χ0) is 18.0. The number of aromatic carboxylic acids is 1. The monoisotopic (exact) mass is 343 g/mol. The molecule has 1 aliphatic rings. The predicted molar refractivity (Wildman–Crippen MR) is 89.7 cm³/mol. The molecule has 0 amide bonds. The van der Waals surface area contributed by atoms with Gasteiger partial charge in [-0.2, -0.15) is 0 Å². The average Bonchev–Trinajstić information content (AvgIpc) is 3.04. The summed E-state index contributed by atoms with van der Waals surface area (Å²) in [6.45, 7) is 1.02. The van der Waals surface area contributed by atoms with Crippen LogP contribution >= 0.6 is 0 Å². The minimum Gasteiger partial charge on any atom is -0.535 e. The van der Waals surface area contributed by atoms with E-state index in [0.717, 1.165) is 0 Å². The van der Waals surface area contributed by atoms with E-state index in [4.69, 9.17) is 10.4 Å². The van der Waals surface area contributed by atoms with Crippen LogP contribution in [0.25, 0.3) is 0 Å². The highest BCUT2D eigenvalue weighted by molar-refractivity contribution is 6.47. The summed E-state index contributed by atoms with van der Waals surface area (Å²) in [5.74, 6) is -1.63. The molecule has 2 aromatic rings. The molecule has 0 radical (unpaired) electrons. The second-order valence-corrected chi connectivity index (χ2v) is 5.98. The van der Waals surface area contributed by atoms with Gasteiger partial charge in [0.15, 0.2) is 5.78 Å². The molecule has 0 bridgehead atoms. The van der Waals surface area contributed by atoms with E-state index in [-0.39, 0.29) is 23.5 Å². The minimum absolute atomic E-state index is 0.00172. The molecule has 3 rings (SSSR count). The van der Waals surface area contributed by atoms with Gasteiger partial charge in [-0.25, -0.2) is 9.78 Å². The molecule has 8 nitrogen and oxygen atoms in total. The van der Waals surface area contributed by atoms with Crippen molar-refractivity contribution in [2.75, 3.05) is 6.54 Å². The van der Waals surface area contributed by atoms with Gasteiger partial charge >= 0.3 is 13.1 Å². The van der Waals surface area contributed by atoms with Crippen molar-refractivity contribution in [2.45, 2.75) is 25.2 Å². The molecule has 130 valence electrons. The highest BCUT2D eigenvalue weighted by Gasteiger charge is 2.38. The number of nitrogens with two attached hydrogens (primary N) is 1. The number of imidazole rings is 1. The molecule has 2 heterocycles. The van der Waals surface area contributed by atoms with Crippen LogP contribution in [0, 0.1) is 0 Å². The number of carboxylic acids is 1. The van der Waals surface area contributed by atoms with Gasteiger partial charge in [0.25, 0.3) is 0 Å². The Balaban J connectivity index is 1.74. The molecular formula is C16H18BN3O5. The largest absolute Gasteiger partial charge is 0.535 e. The summed E-state index contributed by atoms with van der Waals surface area (Å²) in [7, 11) is -1.25. The number of carboxylic acid groups (broad SMARTS) is 1. The Morgan fingerprint density at radius 2 is 2.24 bits per heavy atom. The smallest absolute Gasteiger partial charge is 0.526 e. The van der Waals surface area contributed by atoms with E-state index in [1.165, 1.54) is 6.07 Å². The first-order valence-corrected chi connectivity index (χ1v) is 7.94. The van der Waals surface area contributed by atoms with Gasteiger partial charge in [-0.3, -0.25) is 4.79 Å². The second-order valence-electron chi connectivity index (χ2n) is 5.98. The lowest BCUT2D eigenvalue weighted by molar-refractivity contribution is 0.0693. The summed E-state index contributed by atoms with van der Waals surface area (Å²) in [5, 5.41) is 19.4. The van der Waals surface area contributed by atoms with E-state index in [9.17, 15) is 19.7 Å². The molecule has 9 heteroatoms. The van der Waals surface area contributed by atoms with Crippen LogP contribution in [0.3, 0.4) is 0 Å². The second kappa shape index (κ2) is 7.08. The van der Waals surface area contributed by atoms with Crippen molar-refractivity contribution in [3.8, 4) is 5.75 Å². The Kier molecular flexibility index (Phi) is 4.87. The van der Waals surface area contributed by atoms with Crippen LogP contribution in [0.4, 0.5) is 0 Å². The normalized spacial score (nSPS) is 16.2. The lowest BCUT2D eigenvalue weighted by atomic mass is 9.64. The van der Waals surface area contributed by atoms with Crippen molar-refractivity contribution in [1.82, 2.24) is 9.55 Å². The van der Waals surface area contributed by atoms with Gasteiger partial charge in [0.05, 0.1) is 11.9 Å². The topological polar surface area (TPSA) is 128 Å². The summed E-state index contributed by atoms with van der Waals surface area (Å²) in [5.41, 5.74) is 6.44. The molecule has 4 N–H and O–H groups in total. The number of para-hydroxylation sites is 1. The third kappa shape index (κ3) is 3.57. The number of hydrogen-bond donors (Lipinski definition) is 3. The van der Waals surface area contributed by atoms with Gasteiger partial charge in [-0.1, -0.05) is 12.1 Å². The summed E-state index contributed by atoms with van der Waals surface area (Å²) in [6.07, 6.45) is 3.58. The zero-order valence-electron chi connectivity index (χ0n) is 13.5. The van der Waals surface area contributed by atoms with Crippen molar-refractivity contribution in [1.29, 1.82) is 0 Å². The first-order chi connectivity index (χ1) is 12.0. The molecule has 1 aromatic heterocycles. The number of carbonyl (C=O) groups excluding carboxylic acids is 1. The van der Waals surface area contributed by atoms with Crippen molar-refractivity contribution < 1.29 is 24.4 Å². The fraction of sp³-hybridized carbons (Fsp3) is 0.312. The highest BCUT2D eigenvalue weighted by Crippen LogP contribution is 2.36. The van der Waals surface area contributed by atoms with E-state index in [2.05, 4.69) is 4.98 Å². The predicted octanol–water partition coefficient (Wildman–Crippen LogP) is 0.599. The van der Waals surface area contributed by atoms with Gasteiger partial charge in [-0.15, -0.1) is 0 Å². The summed E-state index contributed by atoms with van der Waals surface area (Å²) in [4.78, 5) is 27.7. The summed E-state index contributed by atoms with van der Waals surface area (Å²) in [6, 6.07) is 4.78. The maximum atomic E-state index is 12.4. The fourth-order valence-electron chi connectivity index (χ4n) is 2.94. The van der Waals surface area contributed by atoms with Crippen LogP contribution in [0.1, 0.15) is 32.8 Å². The van der Waals surface area contributed by atoms with Gasteiger partial charge in [0.2, 0.25) is 0 Å². The SMILES string of the molecule is NCCn1cnc(C(=O)C[C@H]2Cc3cccc(C(=O)O)c3OB2O)c1. The van der Waals surface area contributed by atoms with E-state index < -0.39 is 18.9 Å². The molecular weight excluding hydrogens is 325 g/mol. The van der Waals surface area contributed by atoms with Crippen LogP contribution in [0.2, 0.25) is 5.82 Å². The Labute approximate surface area is 144 Å². The molecule has 0 aliphatic carbocycles. The van der Waals surface area contributed by atoms with Crippen molar-refractivity contribution in [2.24, 2.45) is 5.73 Å². The van der Waals surface area contributed by atoms with E-state index >= 15 is 0 Å². The summed E-state index contributed by atoms with van der Waals surface area (Å²) >= 11 is 0. The Morgan fingerprint density at radius 3 is 2.96 bits per heavy atom. The number of ketones is 1. The van der Waals surface area contributed by atoms with E-state index in [1.807, 2.05) is 0 Å². The van der Waals surface area contributed by atoms with E-state index in [1.54, 1.807) is 29.2 Å². The van der Waals surface area contributed by atoms with Crippen LogP contribution in [0.5, 0.6) is 5.75 Å². The molecule has 25 heavy (non-hydrogen) atoms. The number of rotatable bonds is 6. The minimum atomic E-state index is -1.25. The van der Waals surface area contributed by atoms with Gasteiger partial charge in [0.1, 0.15) is 11.4 Å². The molecule has 0 saturated carbocycles.